The van der Waals surface area contributed by atoms with E-state index in [4.69, 9.17) is 4.74 Å². The molecule has 0 unspecified atom stereocenters. The molecule has 1 aromatic rings. The Morgan fingerprint density at radius 2 is 2.11 bits per heavy atom. The Bertz CT molecular complexity index is 511. The number of amides is 1. The van der Waals surface area contributed by atoms with E-state index in [9.17, 15) is 9.18 Å². The van der Waals surface area contributed by atoms with Gasteiger partial charge in [-0.3, -0.25) is 0 Å². The monoisotopic (exact) mass is 329 g/mol. The summed E-state index contributed by atoms with van der Waals surface area (Å²) in [6, 6.07) is 2.94. The van der Waals surface area contributed by atoms with Crippen LogP contribution in [-0.4, -0.2) is 23.1 Å². The number of carbonyl (C=O) groups excluding carboxylic acids is 1. The summed E-state index contributed by atoms with van der Waals surface area (Å²) in [5.41, 5.74) is 1.39. The summed E-state index contributed by atoms with van der Waals surface area (Å²) in [6.45, 7) is 6.48. The van der Waals surface area contributed by atoms with Gasteiger partial charge in [-0.2, -0.15) is 0 Å². The van der Waals surface area contributed by atoms with Gasteiger partial charge in [-0.25, -0.2) is 9.18 Å². The minimum atomic E-state index is -0.514. The van der Waals surface area contributed by atoms with Crippen LogP contribution in [0, 0.1) is 5.82 Å². The van der Waals surface area contributed by atoms with E-state index >= 15 is 0 Å². The van der Waals surface area contributed by atoms with Crippen LogP contribution >= 0.6 is 15.9 Å². The van der Waals surface area contributed by atoms with Crippen molar-refractivity contribution in [3.8, 4) is 0 Å². The maximum atomic E-state index is 13.4. The molecule has 1 amide bonds. The number of halogens is 2. The van der Waals surface area contributed by atoms with Crippen LogP contribution in [0.3, 0.4) is 0 Å². The Hall–Kier alpha value is -1.10. The van der Waals surface area contributed by atoms with Crippen molar-refractivity contribution in [3.63, 3.8) is 0 Å². The molecule has 0 saturated carbocycles. The highest BCUT2D eigenvalue weighted by Gasteiger charge is 2.26. The second-order valence-corrected chi connectivity index (χ2v) is 6.53. The molecule has 0 bridgehead atoms. The van der Waals surface area contributed by atoms with E-state index in [1.807, 2.05) is 20.8 Å². The largest absolute Gasteiger partial charge is 0.444 e. The summed E-state index contributed by atoms with van der Waals surface area (Å²) < 4.78 is 19.5. The zero-order valence-electron chi connectivity index (χ0n) is 11.3. The first kappa shape index (κ1) is 14.3. The molecule has 0 aromatic heterocycles. The van der Waals surface area contributed by atoms with Crippen molar-refractivity contribution in [2.24, 2.45) is 0 Å². The average molecular weight is 330 g/mol. The molecule has 0 aliphatic carbocycles. The van der Waals surface area contributed by atoms with E-state index < -0.39 is 5.60 Å². The van der Waals surface area contributed by atoms with E-state index in [2.05, 4.69) is 15.9 Å². The molecule has 19 heavy (non-hydrogen) atoms. The van der Waals surface area contributed by atoms with E-state index in [1.165, 1.54) is 12.1 Å². The number of rotatable bonds is 0. The smallest absolute Gasteiger partial charge is 0.410 e. The Labute approximate surface area is 120 Å². The molecule has 1 aromatic carbocycles. The average Bonchev–Trinajstić information content (AvgIpc) is 2.25. The standard InChI is InChI=1S/C14H17BrFNO2/c1-14(2,3)19-13(18)17-5-4-11-9(8-17)6-10(16)7-12(11)15/h6-7H,4-5,8H2,1-3H3. The fourth-order valence-corrected chi connectivity index (χ4v) is 2.76. The van der Waals surface area contributed by atoms with Gasteiger partial charge in [0.15, 0.2) is 0 Å². The first-order valence-corrected chi connectivity index (χ1v) is 7.00. The molecular weight excluding hydrogens is 313 g/mol. The third kappa shape index (κ3) is 3.47. The van der Waals surface area contributed by atoms with E-state index in [0.717, 1.165) is 15.6 Å². The molecule has 2 rings (SSSR count). The molecule has 3 nitrogen and oxygen atoms in total. The molecular formula is C14H17BrFNO2. The van der Waals surface area contributed by atoms with Crippen molar-refractivity contribution in [2.75, 3.05) is 6.54 Å². The van der Waals surface area contributed by atoms with Crippen LogP contribution in [-0.2, 0) is 17.7 Å². The minimum Gasteiger partial charge on any atom is -0.444 e. The van der Waals surface area contributed by atoms with E-state index in [0.29, 0.717) is 19.5 Å². The normalized spacial score (nSPS) is 15.1. The van der Waals surface area contributed by atoms with Crippen molar-refractivity contribution < 1.29 is 13.9 Å². The summed E-state index contributed by atoms with van der Waals surface area (Å²) in [7, 11) is 0. The number of hydrogen-bond donors (Lipinski definition) is 0. The first-order valence-electron chi connectivity index (χ1n) is 6.21. The highest BCUT2D eigenvalue weighted by atomic mass is 79.9. The lowest BCUT2D eigenvalue weighted by molar-refractivity contribution is 0.0223. The summed E-state index contributed by atoms with van der Waals surface area (Å²) in [4.78, 5) is 13.6. The first-order chi connectivity index (χ1) is 8.76. The lowest BCUT2D eigenvalue weighted by atomic mass is 10.00. The van der Waals surface area contributed by atoms with Gasteiger partial charge in [-0.15, -0.1) is 0 Å². The predicted octanol–water partition coefficient (Wildman–Crippen LogP) is 3.88. The number of hydrogen-bond acceptors (Lipinski definition) is 2. The number of carbonyl (C=O) groups is 1. The van der Waals surface area contributed by atoms with Gasteiger partial charge in [0.05, 0.1) is 0 Å². The van der Waals surface area contributed by atoms with Gasteiger partial charge in [0.2, 0.25) is 0 Å². The van der Waals surface area contributed by atoms with Crippen LogP contribution in [0.4, 0.5) is 9.18 Å². The third-order valence-corrected chi connectivity index (χ3v) is 3.60. The highest BCUT2D eigenvalue weighted by Crippen LogP contribution is 2.28. The zero-order valence-corrected chi connectivity index (χ0v) is 12.9. The van der Waals surface area contributed by atoms with Crippen molar-refractivity contribution >= 4 is 22.0 Å². The van der Waals surface area contributed by atoms with E-state index in [-0.39, 0.29) is 11.9 Å². The summed E-state index contributed by atoms with van der Waals surface area (Å²) in [5.74, 6) is -0.295. The Balaban J connectivity index is 2.16. The van der Waals surface area contributed by atoms with Crippen LogP contribution in [0.5, 0.6) is 0 Å². The van der Waals surface area contributed by atoms with Crippen LogP contribution in [0.1, 0.15) is 31.9 Å². The Morgan fingerprint density at radius 3 is 2.74 bits per heavy atom. The molecule has 104 valence electrons. The number of nitrogens with zero attached hydrogens (tertiary/aromatic N) is 1. The highest BCUT2D eigenvalue weighted by molar-refractivity contribution is 9.10. The van der Waals surface area contributed by atoms with Crippen molar-refractivity contribution in [2.45, 2.75) is 39.3 Å². The van der Waals surface area contributed by atoms with Gasteiger partial charge in [-0.05, 0) is 50.5 Å². The van der Waals surface area contributed by atoms with E-state index in [1.54, 1.807) is 4.90 Å². The van der Waals surface area contributed by atoms with Crippen LogP contribution in [0.25, 0.3) is 0 Å². The van der Waals surface area contributed by atoms with Gasteiger partial charge < -0.3 is 9.64 Å². The maximum Gasteiger partial charge on any atom is 0.410 e. The molecule has 0 spiro atoms. The Kier molecular flexibility index (Phi) is 3.85. The SMILES string of the molecule is CC(C)(C)OC(=O)N1CCc2c(Br)cc(F)cc2C1. The van der Waals surface area contributed by atoms with Crippen LogP contribution in [0.15, 0.2) is 16.6 Å². The molecule has 0 radical (unpaired) electrons. The molecule has 5 heteroatoms. The molecule has 1 aliphatic heterocycles. The number of fused-ring (bicyclic) bond motifs is 1. The summed E-state index contributed by atoms with van der Waals surface area (Å²) in [5, 5.41) is 0. The third-order valence-electron chi connectivity index (χ3n) is 2.90. The van der Waals surface area contributed by atoms with Gasteiger partial charge in [0.1, 0.15) is 11.4 Å². The molecule has 0 N–H and O–H groups in total. The molecule has 1 aliphatic rings. The second-order valence-electron chi connectivity index (χ2n) is 5.68. The molecule has 0 fully saturated rings. The maximum absolute atomic E-state index is 13.4. The van der Waals surface area contributed by atoms with Gasteiger partial charge >= 0.3 is 6.09 Å². The van der Waals surface area contributed by atoms with Crippen LogP contribution in [0.2, 0.25) is 0 Å². The lowest BCUT2D eigenvalue weighted by Gasteiger charge is -2.31. The minimum absolute atomic E-state index is 0.295. The number of benzene rings is 1. The molecule has 0 saturated heterocycles. The fraction of sp³-hybridized carbons (Fsp3) is 0.500. The van der Waals surface area contributed by atoms with Crippen LogP contribution < -0.4 is 0 Å². The van der Waals surface area contributed by atoms with Gasteiger partial charge in [-0.1, -0.05) is 15.9 Å². The molecule has 1 heterocycles. The predicted molar refractivity (Wildman–Crippen MR) is 74.4 cm³/mol. The Morgan fingerprint density at radius 1 is 1.42 bits per heavy atom. The van der Waals surface area contributed by atoms with Gasteiger partial charge in [0, 0.05) is 17.6 Å². The fourth-order valence-electron chi connectivity index (χ4n) is 2.09. The van der Waals surface area contributed by atoms with Gasteiger partial charge in [0.25, 0.3) is 0 Å². The van der Waals surface area contributed by atoms with Crippen molar-refractivity contribution in [1.29, 1.82) is 0 Å². The summed E-state index contributed by atoms with van der Waals surface area (Å²) in [6.07, 6.45) is 0.355. The second kappa shape index (κ2) is 5.12. The number of ether oxygens (including phenoxy) is 1. The zero-order chi connectivity index (χ0) is 14.2. The quantitative estimate of drug-likeness (QED) is 0.722. The van der Waals surface area contributed by atoms with Crippen molar-refractivity contribution in [1.82, 2.24) is 4.90 Å². The van der Waals surface area contributed by atoms with Crippen molar-refractivity contribution in [3.05, 3.63) is 33.5 Å². The lowest BCUT2D eigenvalue weighted by Crippen LogP contribution is -2.40. The topological polar surface area (TPSA) is 29.5 Å². The molecule has 0 atom stereocenters. The summed E-state index contributed by atoms with van der Waals surface area (Å²) >= 11 is 3.36.